The molecule has 2 rings (SSSR count). The lowest BCUT2D eigenvalue weighted by molar-refractivity contribution is 0.467. The number of aryl methyl sites for hydroxylation is 2. The smallest absolute Gasteiger partial charge is 0.244 e. The minimum Gasteiger partial charge on any atom is -0.398 e. The van der Waals surface area contributed by atoms with Crippen molar-refractivity contribution in [3.8, 4) is 0 Å². The summed E-state index contributed by atoms with van der Waals surface area (Å²) in [6, 6.07) is 9.02. The summed E-state index contributed by atoms with van der Waals surface area (Å²) in [5.41, 5.74) is 7.28. The highest BCUT2D eigenvalue weighted by atomic mass is 32.2. The van der Waals surface area contributed by atoms with Crippen LogP contribution in [0.2, 0.25) is 0 Å². The second kappa shape index (κ2) is 5.55. The van der Waals surface area contributed by atoms with Crippen LogP contribution in [-0.2, 0) is 16.6 Å². The molecule has 20 heavy (non-hydrogen) atoms. The lowest BCUT2D eigenvalue weighted by Gasteiger charge is -2.18. The van der Waals surface area contributed by atoms with Crippen LogP contribution in [0.1, 0.15) is 15.3 Å². The molecule has 0 bridgehead atoms. The summed E-state index contributed by atoms with van der Waals surface area (Å²) in [4.78, 5) is 2.20. The lowest BCUT2D eigenvalue weighted by atomic mass is 10.2. The number of rotatable bonds is 4. The Balaban J connectivity index is 2.31. The molecule has 2 N–H and O–H groups in total. The molecule has 1 aromatic heterocycles. The van der Waals surface area contributed by atoms with E-state index in [1.54, 1.807) is 19.2 Å². The van der Waals surface area contributed by atoms with Crippen molar-refractivity contribution in [3.63, 3.8) is 0 Å². The van der Waals surface area contributed by atoms with Gasteiger partial charge in [0.15, 0.2) is 0 Å². The summed E-state index contributed by atoms with van der Waals surface area (Å²) < 4.78 is 26.5. The predicted octanol–water partition coefficient (Wildman–Crippen LogP) is 2.77. The van der Waals surface area contributed by atoms with Crippen LogP contribution in [0.15, 0.2) is 35.2 Å². The van der Waals surface area contributed by atoms with Crippen molar-refractivity contribution in [2.45, 2.75) is 25.3 Å². The van der Waals surface area contributed by atoms with Gasteiger partial charge in [0.2, 0.25) is 10.0 Å². The first kappa shape index (κ1) is 15.0. The van der Waals surface area contributed by atoms with Crippen LogP contribution >= 0.6 is 11.3 Å². The molecule has 0 radical (unpaired) electrons. The maximum absolute atomic E-state index is 12.6. The van der Waals surface area contributed by atoms with E-state index in [-0.39, 0.29) is 6.54 Å². The summed E-state index contributed by atoms with van der Waals surface area (Å²) in [5.74, 6) is 0. The number of benzene rings is 1. The fourth-order valence-electron chi connectivity index (χ4n) is 2.03. The predicted molar refractivity (Wildman–Crippen MR) is 83.3 cm³/mol. The monoisotopic (exact) mass is 310 g/mol. The van der Waals surface area contributed by atoms with Crippen molar-refractivity contribution in [2.75, 3.05) is 12.8 Å². The number of hydrogen-bond donors (Lipinski definition) is 1. The van der Waals surface area contributed by atoms with E-state index < -0.39 is 10.0 Å². The number of anilines is 1. The van der Waals surface area contributed by atoms with Crippen LogP contribution in [-0.4, -0.2) is 19.8 Å². The Kier molecular flexibility index (Phi) is 4.17. The zero-order valence-electron chi connectivity index (χ0n) is 11.8. The maximum atomic E-state index is 12.6. The SMILES string of the molecule is Cc1cc(S(=O)(=O)N(C)Cc2ccccc2N)c(C)s1. The number of nitrogens with zero attached hydrogens (tertiary/aromatic N) is 1. The first-order chi connectivity index (χ1) is 9.32. The Labute approximate surface area is 123 Å². The molecule has 0 aliphatic carbocycles. The molecule has 6 heteroatoms. The van der Waals surface area contributed by atoms with Gasteiger partial charge in [0, 0.05) is 29.0 Å². The minimum atomic E-state index is -3.48. The van der Waals surface area contributed by atoms with Gasteiger partial charge >= 0.3 is 0 Å². The topological polar surface area (TPSA) is 63.4 Å². The molecule has 0 saturated carbocycles. The fourth-order valence-corrected chi connectivity index (χ4v) is 4.70. The molecule has 2 aromatic rings. The number of para-hydroxylation sites is 1. The van der Waals surface area contributed by atoms with E-state index in [2.05, 4.69) is 0 Å². The zero-order valence-corrected chi connectivity index (χ0v) is 13.4. The van der Waals surface area contributed by atoms with Crippen molar-refractivity contribution >= 4 is 27.0 Å². The molecule has 0 saturated heterocycles. The number of nitrogens with two attached hydrogens (primary N) is 1. The molecule has 1 aromatic carbocycles. The fraction of sp³-hybridized carbons (Fsp3) is 0.286. The summed E-state index contributed by atoms with van der Waals surface area (Å²) in [6.07, 6.45) is 0. The van der Waals surface area contributed by atoms with Gasteiger partial charge in [-0.15, -0.1) is 11.3 Å². The Morgan fingerprint density at radius 1 is 1.25 bits per heavy atom. The van der Waals surface area contributed by atoms with E-state index in [4.69, 9.17) is 5.73 Å². The van der Waals surface area contributed by atoms with Crippen LogP contribution in [0, 0.1) is 13.8 Å². The average Bonchev–Trinajstić information content (AvgIpc) is 2.72. The average molecular weight is 310 g/mol. The van der Waals surface area contributed by atoms with Crippen molar-refractivity contribution in [3.05, 3.63) is 45.6 Å². The van der Waals surface area contributed by atoms with E-state index in [0.29, 0.717) is 10.6 Å². The number of hydrogen-bond acceptors (Lipinski definition) is 4. The van der Waals surface area contributed by atoms with Crippen LogP contribution in [0.4, 0.5) is 5.69 Å². The molecular weight excluding hydrogens is 292 g/mol. The summed E-state index contributed by atoms with van der Waals surface area (Å²) in [5, 5.41) is 0. The molecule has 0 aliphatic heterocycles. The number of sulfonamides is 1. The van der Waals surface area contributed by atoms with Gasteiger partial charge < -0.3 is 5.73 Å². The molecule has 4 nitrogen and oxygen atoms in total. The Morgan fingerprint density at radius 2 is 1.90 bits per heavy atom. The van der Waals surface area contributed by atoms with Crippen molar-refractivity contribution in [2.24, 2.45) is 0 Å². The lowest BCUT2D eigenvalue weighted by Crippen LogP contribution is -2.27. The van der Waals surface area contributed by atoms with Crippen molar-refractivity contribution in [1.82, 2.24) is 4.31 Å². The van der Waals surface area contributed by atoms with E-state index in [9.17, 15) is 8.42 Å². The van der Waals surface area contributed by atoms with Gasteiger partial charge in [-0.2, -0.15) is 4.31 Å². The van der Waals surface area contributed by atoms with Crippen LogP contribution in [0.3, 0.4) is 0 Å². The van der Waals surface area contributed by atoms with Gasteiger partial charge in [0.05, 0.1) is 4.90 Å². The quantitative estimate of drug-likeness (QED) is 0.883. The van der Waals surface area contributed by atoms with Crippen LogP contribution < -0.4 is 5.73 Å². The maximum Gasteiger partial charge on any atom is 0.244 e. The third-order valence-electron chi connectivity index (χ3n) is 3.13. The van der Waals surface area contributed by atoms with Gasteiger partial charge in [-0.1, -0.05) is 18.2 Å². The molecule has 1 heterocycles. The standard InChI is InChI=1S/C14H18N2O2S2/c1-10-8-14(11(2)19-10)20(17,18)16(3)9-12-6-4-5-7-13(12)15/h4-8H,9,15H2,1-3H3. The van der Waals surface area contributed by atoms with E-state index in [0.717, 1.165) is 15.3 Å². The first-order valence-electron chi connectivity index (χ1n) is 6.19. The van der Waals surface area contributed by atoms with Crippen LogP contribution in [0.5, 0.6) is 0 Å². The van der Waals surface area contributed by atoms with Crippen molar-refractivity contribution in [1.29, 1.82) is 0 Å². The first-order valence-corrected chi connectivity index (χ1v) is 8.45. The normalized spacial score (nSPS) is 12.0. The van der Waals surface area contributed by atoms with E-state index >= 15 is 0 Å². The Bertz CT molecular complexity index is 721. The summed E-state index contributed by atoms with van der Waals surface area (Å²) in [7, 11) is -1.90. The van der Waals surface area contributed by atoms with Crippen LogP contribution in [0.25, 0.3) is 0 Å². The largest absolute Gasteiger partial charge is 0.398 e. The number of nitrogen functional groups attached to an aromatic ring is 1. The zero-order chi connectivity index (χ0) is 14.9. The van der Waals surface area contributed by atoms with Gasteiger partial charge in [-0.05, 0) is 31.5 Å². The third kappa shape index (κ3) is 2.87. The highest BCUT2D eigenvalue weighted by Crippen LogP contribution is 2.28. The summed E-state index contributed by atoms with van der Waals surface area (Å²) >= 11 is 1.49. The molecule has 0 fully saturated rings. The highest BCUT2D eigenvalue weighted by Gasteiger charge is 2.24. The molecule has 0 atom stereocenters. The van der Waals surface area contributed by atoms with E-state index in [1.807, 2.05) is 32.0 Å². The Morgan fingerprint density at radius 3 is 2.45 bits per heavy atom. The molecule has 0 amide bonds. The Hall–Kier alpha value is -1.37. The second-order valence-corrected chi connectivity index (χ2v) is 8.21. The van der Waals surface area contributed by atoms with Gasteiger partial charge in [0.1, 0.15) is 0 Å². The van der Waals surface area contributed by atoms with Gasteiger partial charge in [-0.25, -0.2) is 8.42 Å². The molecule has 0 unspecified atom stereocenters. The minimum absolute atomic E-state index is 0.267. The van der Waals surface area contributed by atoms with Crippen molar-refractivity contribution < 1.29 is 8.42 Å². The van der Waals surface area contributed by atoms with Gasteiger partial charge in [0.25, 0.3) is 0 Å². The third-order valence-corrected chi connectivity index (χ3v) is 6.16. The van der Waals surface area contributed by atoms with E-state index in [1.165, 1.54) is 15.6 Å². The highest BCUT2D eigenvalue weighted by molar-refractivity contribution is 7.89. The molecular formula is C14H18N2O2S2. The molecule has 0 spiro atoms. The molecule has 0 aliphatic rings. The van der Waals surface area contributed by atoms with Gasteiger partial charge in [-0.3, -0.25) is 0 Å². The molecule has 108 valence electrons. The number of thiophene rings is 1. The summed E-state index contributed by atoms with van der Waals surface area (Å²) in [6.45, 7) is 4.00. The second-order valence-electron chi connectivity index (χ2n) is 4.74.